The Hall–Kier alpha value is -6.19. The van der Waals surface area contributed by atoms with E-state index in [0.717, 1.165) is 0 Å². The number of hydrogen-bond donors (Lipinski definition) is 2. The van der Waals surface area contributed by atoms with E-state index >= 15 is 0 Å². The minimum atomic E-state index is -0.257. The fourth-order valence-corrected chi connectivity index (χ4v) is 7.31. The molecule has 0 fully saturated rings. The summed E-state index contributed by atoms with van der Waals surface area (Å²) in [5.74, 6) is -1.33. The molecule has 0 unspecified atom stereocenters. The van der Waals surface area contributed by atoms with Gasteiger partial charge in [0.2, 0.25) is 0 Å². The number of hydrogen-bond acceptors (Lipinski definition) is 8. The van der Waals surface area contributed by atoms with Crippen molar-refractivity contribution in [3.05, 3.63) is 197 Å². The number of carbonyl (C=O) groups excluding carboxylic acids is 6. The molecular weight excluding hydrogens is 735 g/mol. The number of rotatable bonds is 0. The van der Waals surface area contributed by atoms with Crippen molar-refractivity contribution in [1.29, 1.82) is 0 Å². The minimum Gasteiger partial charge on any atom is -0.398 e. The van der Waals surface area contributed by atoms with Crippen LogP contribution >= 0.6 is 34.8 Å². The van der Waals surface area contributed by atoms with E-state index in [1.54, 1.807) is 115 Å². The molecule has 11 heteroatoms. The molecule has 6 aromatic carbocycles. The Bertz CT molecular complexity index is 2520. The first kappa shape index (κ1) is 35.2. The number of nitrogen functional groups attached to an aromatic ring is 2. The molecule has 8 nitrogen and oxygen atoms in total. The van der Waals surface area contributed by atoms with E-state index in [9.17, 15) is 28.8 Å². The fraction of sp³-hybridized carbons (Fsp3) is 0. The van der Waals surface area contributed by atoms with Crippen molar-refractivity contribution in [2.75, 3.05) is 11.5 Å². The lowest BCUT2D eigenvalue weighted by Crippen LogP contribution is -2.23. The van der Waals surface area contributed by atoms with Gasteiger partial charge in [0, 0.05) is 50.3 Å². The molecule has 0 bridgehead atoms. The van der Waals surface area contributed by atoms with Gasteiger partial charge in [-0.3, -0.25) is 28.8 Å². The van der Waals surface area contributed by atoms with Crippen LogP contribution in [-0.2, 0) is 0 Å². The van der Waals surface area contributed by atoms with Crippen molar-refractivity contribution in [3.8, 4) is 0 Å². The quantitative estimate of drug-likeness (QED) is 0.146. The van der Waals surface area contributed by atoms with Crippen LogP contribution in [0, 0.1) is 0 Å². The predicted molar refractivity (Wildman–Crippen MR) is 203 cm³/mol. The molecule has 3 aliphatic carbocycles. The highest BCUT2D eigenvalue weighted by Crippen LogP contribution is 2.36. The average molecular weight is 758 g/mol. The topological polar surface area (TPSA) is 154 Å². The zero-order valence-corrected chi connectivity index (χ0v) is 29.5. The molecule has 0 radical (unpaired) electrons. The third kappa shape index (κ3) is 5.83. The van der Waals surface area contributed by atoms with E-state index in [0.29, 0.717) is 49.5 Å². The maximum atomic E-state index is 12.3. The third-order valence-electron chi connectivity index (χ3n) is 9.01. The smallest absolute Gasteiger partial charge is 0.196 e. The van der Waals surface area contributed by atoms with Crippen molar-refractivity contribution in [2.45, 2.75) is 0 Å². The summed E-state index contributed by atoms with van der Waals surface area (Å²) in [7, 11) is 0. The highest BCUT2D eigenvalue weighted by atomic mass is 35.5. The average Bonchev–Trinajstić information content (AvgIpc) is 3.16. The van der Waals surface area contributed by atoms with Crippen molar-refractivity contribution in [3.63, 3.8) is 0 Å². The second-order valence-corrected chi connectivity index (χ2v) is 13.3. The van der Waals surface area contributed by atoms with Crippen LogP contribution in [0.3, 0.4) is 0 Å². The SMILES string of the molecule is Nc1ccc(N)c2c1C(=O)c1ccccc1C2=O.O=C1c2cccc(Cl)c2C(=O)c2cccc(Cl)c21.O=C1c2ccccc2C(=O)c2c(Cl)cccc21. The maximum Gasteiger partial charge on any atom is 0.196 e. The van der Waals surface area contributed by atoms with Crippen LogP contribution in [0.25, 0.3) is 0 Å². The van der Waals surface area contributed by atoms with Crippen LogP contribution in [0.15, 0.2) is 115 Å². The van der Waals surface area contributed by atoms with Crippen LogP contribution in [0.4, 0.5) is 11.4 Å². The lowest BCUT2D eigenvalue weighted by molar-refractivity contribution is 0.0979. The van der Waals surface area contributed by atoms with Crippen LogP contribution in [0.1, 0.15) is 95.5 Å². The Labute approximate surface area is 316 Å². The standard InChI is InChI=1S/C14H6Cl2O2.C14H7ClO2.C14H10N2O2/c15-9-5-1-3-7-11(9)14(18)8-4-2-6-10(16)12(8)13(7)17;15-11-7-3-6-10-12(11)14(17)9-5-2-1-4-8(9)13(10)16;15-9-5-6-10(16)12-11(9)13(17)7-3-1-2-4-8(7)14(12)18/h1-6H;1-7H;1-6H,15-16H2. The van der Waals surface area contributed by atoms with Crippen LogP contribution in [-0.4, -0.2) is 34.7 Å². The minimum absolute atomic E-state index is 0.141. The summed E-state index contributed by atoms with van der Waals surface area (Å²) in [6.45, 7) is 0. The zero-order chi connectivity index (χ0) is 37.7. The number of carbonyl (C=O) groups is 6. The van der Waals surface area contributed by atoms with E-state index in [-0.39, 0.29) is 78.4 Å². The molecule has 0 amide bonds. The van der Waals surface area contributed by atoms with Crippen molar-refractivity contribution < 1.29 is 28.8 Å². The molecule has 0 aliphatic heterocycles. The summed E-state index contributed by atoms with van der Waals surface area (Å²) in [6, 6.07) is 31.2. The molecular formula is C42H23Cl3N2O6. The number of halogens is 3. The van der Waals surface area contributed by atoms with Crippen molar-refractivity contribution in [2.24, 2.45) is 0 Å². The zero-order valence-electron chi connectivity index (χ0n) is 27.2. The van der Waals surface area contributed by atoms with Gasteiger partial charge >= 0.3 is 0 Å². The van der Waals surface area contributed by atoms with Crippen LogP contribution < -0.4 is 11.5 Å². The van der Waals surface area contributed by atoms with E-state index in [1.807, 2.05) is 0 Å². The van der Waals surface area contributed by atoms with Crippen molar-refractivity contribution >= 4 is 80.9 Å². The Morgan fingerprint density at radius 3 is 0.868 bits per heavy atom. The van der Waals surface area contributed by atoms with E-state index in [1.165, 1.54) is 0 Å². The van der Waals surface area contributed by atoms with Gasteiger partial charge in [0.25, 0.3) is 0 Å². The third-order valence-corrected chi connectivity index (χ3v) is 9.96. The lowest BCUT2D eigenvalue weighted by atomic mass is 9.82. The molecule has 0 aromatic heterocycles. The van der Waals surface area contributed by atoms with Gasteiger partial charge in [0.1, 0.15) is 0 Å². The summed E-state index contributed by atoms with van der Waals surface area (Å²) in [5.41, 5.74) is 16.1. The van der Waals surface area contributed by atoms with Gasteiger partial charge in [0.15, 0.2) is 34.7 Å². The number of nitrogens with two attached hydrogens (primary N) is 2. The lowest BCUT2D eigenvalue weighted by Gasteiger charge is -2.20. The summed E-state index contributed by atoms with van der Waals surface area (Å²) < 4.78 is 0. The van der Waals surface area contributed by atoms with E-state index in [2.05, 4.69) is 0 Å². The predicted octanol–water partition coefficient (Wildman–Crippen LogP) is 8.51. The normalized spacial score (nSPS) is 13.2. The van der Waals surface area contributed by atoms with E-state index in [4.69, 9.17) is 46.3 Å². The molecule has 4 N–H and O–H groups in total. The highest BCUT2D eigenvalue weighted by Gasteiger charge is 2.34. The summed E-state index contributed by atoms with van der Waals surface area (Å²) in [4.78, 5) is 73.8. The summed E-state index contributed by atoms with van der Waals surface area (Å²) >= 11 is 18.0. The molecule has 0 spiro atoms. The summed E-state index contributed by atoms with van der Waals surface area (Å²) in [6.07, 6.45) is 0. The Morgan fingerprint density at radius 1 is 0.283 bits per heavy atom. The molecule has 3 aliphatic rings. The molecule has 258 valence electrons. The van der Waals surface area contributed by atoms with Gasteiger partial charge in [-0.1, -0.05) is 120 Å². The number of benzene rings is 6. The Morgan fingerprint density at radius 2 is 0.528 bits per heavy atom. The molecule has 0 heterocycles. The van der Waals surface area contributed by atoms with E-state index < -0.39 is 0 Å². The molecule has 53 heavy (non-hydrogen) atoms. The first-order valence-corrected chi connectivity index (χ1v) is 17.1. The first-order valence-electron chi connectivity index (χ1n) is 15.9. The maximum absolute atomic E-state index is 12.3. The Balaban J connectivity index is 0.000000123. The van der Waals surface area contributed by atoms with Crippen LogP contribution in [0.5, 0.6) is 0 Å². The highest BCUT2D eigenvalue weighted by molar-refractivity contribution is 6.42. The van der Waals surface area contributed by atoms with Gasteiger partial charge in [-0.05, 0) is 30.3 Å². The molecule has 9 rings (SSSR count). The molecule has 0 saturated heterocycles. The number of fused-ring (bicyclic) bond motifs is 6. The molecule has 0 atom stereocenters. The van der Waals surface area contributed by atoms with Gasteiger partial charge < -0.3 is 11.5 Å². The first-order chi connectivity index (χ1) is 25.4. The monoisotopic (exact) mass is 756 g/mol. The van der Waals surface area contributed by atoms with Gasteiger partial charge in [-0.25, -0.2) is 0 Å². The largest absolute Gasteiger partial charge is 0.398 e. The fourth-order valence-electron chi connectivity index (χ4n) is 6.53. The van der Waals surface area contributed by atoms with Gasteiger partial charge in [-0.15, -0.1) is 0 Å². The molecule has 0 saturated carbocycles. The number of ketones is 6. The summed E-state index contributed by atoms with van der Waals surface area (Å²) in [5, 5.41) is 0.906. The number of anilines is 2. The Kier molecular flexibility index (Phi) is 9.13. The second-order valence-electron chi connectivity index (χ2n) is 12.0. The molecule has 6 aromatic rings. The van der Waals surface area contributed by atoms with Crippen LogP contribution in [0.2, 0.25) is 15.1 Å². The van der Waals surface area contributed by atoms with Gasteiger partial charge in [0.05, 0.1) is 42.9 Å². The van der Waals surface area contributed by atoms with Gasteiger partial charge in [-0.2, -0.15) is 0 Å². The van der Waals surface area contributed by atoms with Crippen molar-refractivity contribution in [1.82, 2.24) is 0 Å². The second kappa shape index (κ2) is 13.7.